The molecule has 1 saturated carbocycles. The molecule has 0 unspecified atom stereocenters. The van der Waals surface area contributed by atoms with E-state index in [1.54, 1.807) is 0 Å². The molecule has 0 bridgehead atoms. The smallest absolute Gasteiger partial charge is 0.304 e. The number of aryl methyl sites for hydroxylation is 2. The van der Waals surface area contributed by atoms with E-state index in [2.05, 4.69) is 0 Å². The molecular formula is C13H17NO2. The molecule has 0 atom stereocenters. The minimum atomic E-state index is -0.718. The molecule has 1 aromatic carbocycles. The molecule has 3 nitrogen and oxygen atoms in total. The van der Waals surface area contributed by atoms with Gasteiger partial charge in [-0.2, -0.15) is 0 Å². The number of benzene rings is 1. The Morgan fingerprint density at radius 1 is 1.38 bits per heavy atom. The maximum absolute atomic E-state index is 10.8. The summed E-state index contributed by atoms with van der Waals surface area (Å²) >= 11 is 0. The highest BCUT2D eigenvalue weighted by Gasteiger charge is 2.46. The van der Waals surface area contributed by atoms with Gasteiger partial charge in [0.2, 0.25) is 0 Å². The molecule has 0 spiro atoms. The largest absolute Gasteiger partial charge is 0.481 e. The number of nitrogen functional groups attached to an aromatic ring is 1. The number of hydrogen-bond donors (Lipinski definition) is 2. The van der Waals surface area contributed by atoms with Gasteiger partial charge in [0, 0.05) is 11.1 Å². The van der Waals surface area contributed by atoms with Gasteiger partial charge < -0.3 is 10.8 Å². The third kappa shape index (κ3) is 1.77. The van der Waals surface area contributed by atoms with E-state index >= 15 is 0 Å². The van der Waals surface area contributed by atoms with Crippen LogP contribution >= 0.6 is 0 Å². The topological polar surface area (TPSA) is 63.3 Å². The van der Waals surface area contributed by atoms with Crippen LogP contribution in [0.25, 0.3) is 0 Å². The van der Waals surface area contributed by atoms with E-state index < -0.39 is 5.97 Å². The molecule has 0 heterocycles. The maximum atomic E-state index is 10.8. The third-order valence-electron chi connectivity index (χ3n) is 3.55. The first-order valence-electron chi connectivity index (χ1n) is 5.54. The molecule has 1 aromatic rings. The lowest BCUT2D eigenvalue weighted by Gasteiger charge is -2.16. The Labute approximate surface area is 95.3 Å². The fourth-order valence-electron chi connectivity index (χ4n) is 2.29. The van der Waals surface area contributed by atoms with E-state index in [9.17, 15) is 4.79 Å². The van der Waals surface area contributed by atoms with Gasteiger partial charge in [0.05, 0.1) is 6.42 Å². The number of carbonyl (C=O) groups is 1. The molecule has 86 valence electrons. The summed E-state index contributed by atoms with van der Waals surface area (Å²) in [5.74, 6) is -0.718. The van der Waals surface area contributed by atoms with Crippen molar-refractivity contribution in [3.8, 4) is 0 Å². The standard InChI is InChI=1S/C13H17NO2/c1-8-5-10(6-9(2)12(8)14)13(3-4-13)7-11(15)16/h5-6H,3-4,7,14H2,1-2H3,(H,15,16). The predicted molar refractivity (Wildman–Crippen MR) is 63.5 cm³/mol. The average molecular weight is 219 g/mol. The van der Waals surface area contributed by atoms with Crippen LogP contribution in [0.4, 0.5) is 5.69 Å². The van der Waals surface area contributed by atoms with Crippen LogP contribution in [0.2, 0.25) is 0 Å². The molecule has 1 aliphatic rings. The molecule has 1 aliphatic carbocycles. The van der Waals surface area contributed by atoms with Crippen LogP contribution in [0, 0.1) is 13.8 Å². The Balaban J connectivity index is 2.38. The molecule has 0 radical (unpaired) electrons. The van der Waals surface area contributed by atoms with Crippen LogP contribution in [-0.2, 0) is 10.2 Å². The molecule has 1 fully saturated rings. The molecule has 3 heteroatoms. The van der Waals surface area contributed by atoms with Gasteiger partial charge in [0.1, 0.15) is 0 Å². The minimum Gasteiger partial charge on any atom is -0.481 e. The van der Waals surface area contributed by atoms with E-state index in [4.69, 9.17) is 10.8 Å². The molecule has 0 saturated heterocycles. The highest BCUT2D eigenvalue weighted by atomic mass is 16.4. The van der Waals surface area contributed by atoms with Crippen molar-refractivity contribution in [2.24, 2.45) is 0 Å². The Bertz CT molecular complexity index is 424. The Kier molecular flexibility index (Phi) is 2.41. The third-order valence-corrected chi connectivity index (χ3v) is 3.55. The van der Waals surface area contributed by atoms with Gasteiger partial charge >= 0.3 is 5.97 Å². The van der Waals surface area contributed by atoms with E-state index in [1.165, 1.54) is 0 Å². The fourth-order valence-corrected chi connectivity index (χ4v) is 2.29. The second kappa shape index (κ2) is 3.51. The zero-order chi connectivity index (χ0) is 11.9. The van der Waals surface area contributed by atoms with Gasteiger partial charge in [-0.05, 0) is 43.4 Å². The van der Waals surface area contributed by atoms with Crippen molar-refractivity contribution in [2.45, 2.75) is 38.5 Å². The van der Waals surface area contributed by atoms with E-state index in [0.717, 1.165) is 35.2 Å². The number of carboxylic acid groups (broad SMARTS) is 1. The molecule has 0 amide bonds. The normalized spacial score (nSPS) is 17.1. The van der Waals surface area contributed by atoms with Crippen LogP contribution in [-0.4, -0.2) is 11.1 Å². The predicted octanol–water partition coefficient (Wildman–Crippen LogP) is 2.39. The minimum absolute atomic E-state index is 0.116. The first-order valence-corrected chi connectivity index (χ1v) is 5.54. The summed E-state index contributed by atoms with van der Waals surface area (Å²) in [6.45, 7) is 3.95. The lowest BCUT2D eigenvalue weighted by Crippen LogP contribution is -2.13. The molecule has 3 N–H and O–H groups in total. The van der Waals surface area contributed by atoms with E-state index in [1.807, 2.05) is 26.0 Å². The molecule has 2 rings (SSSR count). The number of carboxylic acids is 1. The van der Waals surface area contributed by atoms with Gasteiger partial charge in [0.25, 0.3) is 0 Å². The fraction of sp³-hybridized carbons (Fsp3) is 0.462. The Morgan fingerprint density at radius 3 is 2.25 bits per heavy atom. The lowest BCUT2D eigenvalue weighted by molar-refractivity contribution is -0.137. The molecule has 0 aromatic heterocycles. The second-order valence-corrected chi connectivity index (χ2v) is 4.87. The zero-order valence-electron chi connectivity index (χ0n) is 9.71. The van der Waals surface area contributed by atoms with Crippen molar-refractivity contribution in [2.75, 3.05) is 5.73 Å². The molecule has 16 heavy (non-hydrogen) atoms. The number of aliphatic carboxylic acids is 1. The quantitative estimate of drug-likeness (QED) is 0.767. The Hall–Kier alpha value is -1.51. The summed E-state index contributed by atoms with van der Waals surface area (Å²) in [4.78, 5) is 10.8. The van der Waals surface area contributed by atoms with Crippen LogP contribution in [0.3, 0.4) is 0 Å². The summed E-state index contributed by atoms with van der Waals surface area (Å²) in [5.41, 5.74) is 9.83. The van der Waals surface area contributed by atoms with Gasteiger partial charge in [-0.15, -0.1) is 0 Å². The monoisotopic (exact) mass is 219 g/mol. The second-order valence-electron chi connectivity index (χ2n) is 4.87. The Morgan fingerprint density at radius 2 is 1.88 bits per heavy atom. The van der Waals surface area contributed by atoms with Crippen molar-refractivity contribution in [1.29, 1.82) is 0 Å². The number of rotatable bonds is 3. The first kappa shape index (κ1) is 11.0. The summed E-state index contributed by atoms with van der Waals surface area (Å²) in [6.07, 6.45) is 2.18. The van der Waals surface area contributed by atoms with Crippen LogP contribution in [0.15, 0.2) is 12.1 Å². The van der Waals surface area contributed by atoms with Crippen molar-refractivity contribution in [3.63, 3.8) is 0 Å². The number of hydrogen-bond acceptors (Lipinski definition) is 2. The maximum Gasteiger partial charge on any atom is 0.304 e. The zero-order valence-corrected chi connectivity index (χ0v) is 9.71. The highest BCUT2D eigenvalue weighted by Crippen LogP contribution is 2.51. The molecule has 0 aliphatic heterocycles. The number of nitrogens with two attached hydrogens (primary N) is 1. The van der Waals surface area contributed by atoms with Gasteiger partial charge in [-0.3, -0.25) is 4.79 Å². The van der Waals surface area contributed by atoms with Crippen LogP contribution in [0.1, 0.15) is 36.0 Å². The van der Waals surface area contributed by atoms with E-state index in [0.29, 0.717) is 0 Å². The van der Waals surface area contributed by atoms with Crippen molar-refractivity contribution in [3.05, 3.63) is 28.8 Å². The highest BCUT2D eigenvalue weighted by molar-refractivity contribution is 5.70. The summed E-state index contributed by atoms with van der Waals surface area (Å²) in [6, 6.07) is 4.08. The van der Waals surface area contributed by atoms with Gasteiger partial charge in [-0.25, -0.2) is 0 Å². The first-order chi connectivity index (χ1) is 7.44. The van der Waals surface area contributed by atoms with E-state index in [-0.39, 0.29) is 11.8 Å². The van der Waals surface area contributed by atoms with Gasteiger partial charge in [-0.1, -0.05) is 12.1 Å². The average Bonchev–Trinajstić information content (AvgIpc) is 2.93. The van der Waals surface area contributed by atoms with Crippen molar-refractivity contribution >= 4 is 11.7 Å². The van der Waals surface area contributed by atoms with Crippen LogP contribution < -0.4 is 5.73 Å². The lowest BCUT2D eigenvalue weighted by atomic mass is 9.89. The summed E-state index contributed by atoms with van der Waals surface area (Å²) in [5, 5.41) is 8.92. The SMILES string of the molecule is Cc1cc(C2(CC(=O)O)CC2)cc(C)c1N. The van der Waals surface area contributed by atoms with Crippen LogP contribution in [0.5, 0.6) is 0 Å². The molecular weight excluding hydrogens is 202 g/mol. The summed E-state index contributed by atoms with van der Waals surface area (Å²) in [7, 11) is 0. The van der Waals surface area contributed by atoms with Crippen molar-refractivity contribution < 1.29 is 9.90 Å². The summed E-state index contributed by atoms with van der Waals surface area (Å²) < 4.78 is 0. The van der Waals surface area contributed by atoms with Gasteiger partial charge in [0.15, 0.2) is 0 Å². The van der Waals surface area contributed by atoms with Crippen molar-refractivity contribution in [1.82, 2.24) is 0 Å². The number of anilines is 1.